The minimum absolute atomic E-state index is 0.125. The fraction of sp³-hybridized carbons (Fsp3) is 0.952. The van der Waals surface area contributed by atoms with E-state index < -0.39 is 5.97 Å². The Morgan fingerprint density at radius 2 is 1.12 bits per heavy atom. The summed E-state index contributed by atoms with van der Waals surface area (Å²) >= 11 is 0. The zero-order chi connectivity index (χ0) is 19.2. The molecular weight excluding hydrogens is 316 g/mol. The topological polar surface area (TPSA) is 77.8 Å². The Labute approximate surface area is 156 Å². The maximum atomic E-state index is 10.4. The van der Waals surface area contributed by atoms with Crippen molar-refractivity contribution in [2.75, 3.05) is 13.2 Å². The maximum Gasteiger partial charge on any atom is 0.303 e. The first kappa shape index (κ1) is 26.6. The van der Waals surface area contributed by atoms with Crippen LogP contribution in [-0.2, 0) is 4.79 Å². The molecule has 0 saturated carbocycles. The first-order valence-electron chi connectivity index (χ1n) is 10.5. The Balaban J connectivity index is 0. The number of aliphatic carboxylic acids is 1. The van der Waals surface area contributed by atoms with E-state index in [0.717, 1.165) is 18.8 Å². The van der Waals surface area contributed by atoms with Gasteiger partial charge in [-0.3, -0.25) is 4.79 Å². The van der Waals surface area contributed by atoms with Crippen LogP contribution in [0, 0.1) is 5.92 Å². The van der Waals surface area contributed by atoms with Crippen molar-refractivity contribution in [3.8, 4) is 0 Å². The largest absolute Gasteiger partial charge is 0.481 e. The predicted octanol–water partition coefficient (Wildman–Crippen LogP) is 5.55. The SMILES string of the molecule is CCCCCCC(C)CCCCCCCCCCC(=O)O.OCCO. The molecule has 0 saturated heterocycles. The van der Waals surface area contributed by atoms with Gasteiger partial charge in [0.2, 0.25) is 0 Å². The highest BCUT2D eigenvalue weighted by Gasteiger charge is 2.02. The number of rotatable bonds is 17. The van der Waals surface area contributed by atoms with Crippen molar-refractivity contribution < 1.29 is 20.1 Å². The zero-order valence-electron chi connectivity index (χ0n) is 16.8. The number of carboxylic acids is 1. The number of hydrogen-bond acceptors (Lipinski definition) is 3. The highest BCUT2D eigenvalue weighted by atomic mass is 16.4. The zero-order valence-corrected chi connectivity index (χ0v) is 16.8. The lowest BCUT2D eigenvalue weighted by Gasteiger charge is -2.10. The van der Waals surface area contributed by atoms with Gasteiger partial charge in [0.05, 0.1) is 13.2 Å². The van der Waals surface area contributed by atoms with Crippen LogP contribution in [0.15, 0.2) is 0 Å². The van der Waals surface area contributed by atoms with E-state index in [9.17, 15) is 4.79 Å². The highest BCUT2D eigenvalue weighted by molar-refractivity contribution is 5.66. The minimum atomic E-state index is -0.654. The summed E-state index contributed by atoms with van der Waals surface area (Å²) in [6.45, 7) is 4.43. The van der Waals surface area contributed by atoms with Gasteiger partial charge in [0.1, 0.15) is 0 Å². The van der Waals surface area contributed by atoms with Gasteiger partial charge in [-0.15, -0.1) is 0 Å². The van der Waals surface area contributed by atoms with Crippen LogP contribution in [0.3, 0.4) is 0 Å². The molecule has 0 spiro atoms. The van der Waals surface area contributed by atoms with Crippen molar-refractivity contribution in [1.82, 2.24) is 0 Å². The summed E-state index contributed by atoms with van der Waals surface area (Å²) in [5.74, 6) is 0.261. The van der Waals surface area contributed by atoms with Crippen LogP contribution < -0.4 is 0 Å². The predicted molar refractivity (Wildman–Crippen MR) is 106 cm³/mol. The summed E-state index contributed by atoms with van der Waals surface area (Å²) in [4.78, 5) is 10.4. The Kier molecular flexibility index (Phi) is 24.9. The average molecular weight is 361 g/mol. The molecule has 0 aromatic carbocycles. The first-order chi connectivity index (χ1) is 12.1. The summed E-state index contributed by atoms with van der Waals surface area (Å²) in [6.07, 6.45) is 18.7. The van der Waals surface area contributed by atoms with Crippen LogP contribution in [-0.4, -0.2) is 34.5 Å². The molecule has 1 atom stereocenters. The van der Waals surface area contributed by atoms with Gasteiger partial charge in [0.15, 0.2) is 0 Å². The third-order valence-electron chi connectivity index (χ3n) is 4.49. The van der Waals surface area contributed by atoms with Crippen molar-refractivity contribution in [3.63, 3.8) is 0 Å². The molecule has 0 radical (unpaired) electrons. The van der Waals surface area contributed by atoms with Crippen molar-refractivity contribution in [3.05, 3.63) is 0 Å². The first-order valence-corrected chi connectivity index (χ1v) is 10.5. The molecule has 0 aliphatic rings. The Bertz CT molecular complexity index is 254. The van der Waals surface area contributed by atoms with Crippen LogP contribution in [0.4, 0.5) is 0 Å². The van der Waals surface area contributed by atoms with E-state index in [0.29, 0.717) is 6.42 Å². The molecule has 0 aliphatic carbocycles. The average Bonchev–Trinajstić information content (AvgIpc) is 2.60. The van der Waals surface area contributed by atoms with Gasteiger partial charge < -0.3 is 15.3 Å². The van der Waals surface area contributed by atoms with E-state index in [1.165, 1.54) is 77.0 Å². The molecule has 152 valence electrons. The standard InChI is InChI=1S/C19H38O2.C2H6O2/c1-3-4-5-12-15-18(2)16-13-10-8-6-7-9-11-14-17-19(20)21;3-1-2-4/h18H,3-17H2,1-2H3,(H,20,21);3-4H,1-2H2. The van der Waals surface area contributed by atoms with Gasteiger partial charge in [-0.05, 0) is 12.3 Å². The van der Waals surface area contributed by atoms with Crippen molar-refractivity contribution >= 4 is 5.97 Å². The molecule has 25 heavy (non-hydrogen) atoms. The van der Waals surface area contributed by atoms with Crippen LogP contribution >= 0.6 is 0 Å². The lowest BCUT2D eigenvalue weighted by atomic mass is 9.96. The van der Waals surface area contributed by atoms with Gasteiger partial charge in [0, 0.05) is 6.42 Å². The van der Waals surface area contributed by atoms with Gasteiger partial charge >= 0.3 is 5.97 Å². The van der Waals surface area contributed by atoms with Crippen LogP contribution in [0.5, 0.6) is 0 Å². The van der Waals surface area contributed by atoms with Crippen molar-refractivity contribution in [2.24, 2.45) is 5.92 Å². The lowest BCUT2D eigenvalue weighted by molar-refractivity contribution is -0.137. The summed E-state index contributed by atoms with van der Waals surface area (Å²) < 4.78 is 0. The summed E-state index contributed by atoms with van der Waals surface area (Å²) in [6, 6.07) is 0. The van der Waals surface area contributed by atoms with Crippen molar-refractivity contribution in [2.45, 2.75) is 110 Å². The molecule has 1 unspecified atom stereocenters. The Morgan fingerprint density at radius 1 is 0.720 bits per heavy atom. The molecule has 0 fully saturated rings. The monoisotopic (exact) mass is 360 g/mol. The number of hydrogen-bond donors (Lipinski definition) is 3. The fourth-order valence-electron chi connectivity index (χ4n) is 2.89. The van der Waals surface area contributed by atoms with E-state index in [4.69, 9.17) is 15.3 Å². The number of carbonyl (C=O) groups is 1. The van der Waals surface area contributed by atoms with E-state index in [1.54, 1.807) is 0 Å². The molecule has 0 heterocycles. The fourth-order valence-corrected chi connectivity index (χ4v) is 2.89. The van der Waals surface area contributed by atoms with E-state index in [-0.39, 0.29) is 13.2 Å². The Morgan fingerprint density at radius 3 is 1.52 bits per heavy atom. The molecular formula is C21H44O4. The number of aliphatic hydroxyl groups is 2. The molecule has 0 amide bonds. The third-order valence-corrected chi connectivity index (χ3v) is 4.49. The quantitative estimate of drug-likeness (QED) is 0.297. The molecule has 0 aromatic rings. The number of aliphatic hydroxyl groups excluding tert-OH is 2. The van der Waals surface area contributed by atoms with Gasteiger partial charge in [-0.2, -0.15) is 0 Å². The molecule has 4 heteroatoms. The van der Waals surface area contributed by atoms with Crippen molar-refractivity contribution in [1.29, 1.82) is 0 Å². The smallest absolute Gasteiger partial charge is 0.303 e. The molecule has 3 N–H and O–H groups in total. The normalized spacial score (nSPS) is 11.7. The number of unbranched alkanes of at least 4 members (excludes halogenated alkanes) is 10. The molecule has 0 aromatic heterocycles. The van der Waals surface area contributed by atoms with Gasteiger partial charge in [-0.25, -0.2) is 0 Å². The lowest BCUT2D eigenvalue weighted by Crippen LogP contribution is -1.95. The van der Waals surface area contributed by atoms with Crippen LogP contribution in [0.2, 0.25) is 0 Å². The molecule has 4 nitrogen and oxygen atoms in total. The maximum absolute atomic E-state index is 10.4. The second-order valence-electron chi connectivity index (χ2n) is 7.16. The van der Waals surface area contributed by atoms with Gasteiger partial charge in [-0.1, -0.05) is 97.3 Å². The summed E-state index contributed by atoms with van der Waals surface area (Å²) in [7, 11) is 0. The van der Waals surface area contributed by atoms with Crippen LogP contribution in [0.1, 0.15) is 110 Å². The summed E-state index contributed by atoms with van der Waals surface area (Å²) in [5, 5.41) is 23.8. The van der Waals surface area contributed by atoms with Gasteiger partial charge in [0.25, 0.3) is 0 Å². The number of carboxylic acid groups (broad SMARTS) is 1. The molecule has 0 bridgehead atoms. The second kappa shape index (κ2) is 23.4. The summed E-state index contributed by atoms with van der Waals surface area (Å²) in [5.41, 5.74) is 0. The molecule has 0 aliphatic heterocycles. The minimum Gasteiger partial charge on any atom is -0.481 e. The highest BCUT2D eigenvalue weighted by Crippen LogP contribution is 2.18. The van der Waals surface area contributed by atoms with E-state index in [2.05, 4.69) is 13.8 Å². The van der Waals surface area contributed by atoms with E-state index >= 15 is 0 Å². The second-order valence-corrected chi connectivity index (χ2v) is 7.16. The molecule has 0 rings (SSSR count). The van der Waals surface area contributed by atoms with E-state index in [1.807, 2.05) is 0 Å². The third kappa shape index (κ3) is 28.5. The Hall–Kier alpha value is -0.610. The van der Waals surface area contributed by atoms with Crippen LogP contribution in [0.25, 0.3) is 0 Å².